The largest absolute Gasteiger partial charge is 0.386 e. The van der Waals surface area contributed by atoms with Gasteiger partial charge in [-0.05, 0) is 48.6 Å². The normalized spacial score (nSPS) is 20.2. The van der Waals surface area contributed by atoms with E-state index in [1.807, 2.05) is 13.8 Å². The van der Waals surface area contributed by atoms with E-state index in [9.17, 15) is 9.18 Å². The molecule has 5 nitrogen and oxygen atoms in total. The first-order valence-electron chi connectivity index (χ1n) is 9.63. The minimum atomic E-state index is -0.925. The molecule has 2 aromatic rings. The van der Waals surface area contributed by atoms with Gasteiger partial charge in [-0.15, -0.1) is 0 Å². The average molecular weight is 418 g/mol. The van der Waals surface area contributed by atoms with E-state index in [-0.39, 0.29) is 31.3 Å². The maximum atomic E-state index is 14.6. The number of halogens is 2. The van der Waals surface area contributed by atoms with E-state index in [2.05, 4.69) is 9.98 Å². The van der Waals surface area contributed by atoms with Gasteiger partial charge in [0.1, 0.15) is 29.5 Å². The second-order valence-electron chi connectivity index (χ2n) is 7.68. The molecular formula is C22H25ClFN3O2. The van der Waals surface area contributed by atoms with Gasteiger partial charge in [-0.1, -0.05) is 31.5 Å². The number of rotatable bonds is 6. The topological polar surface area (TPSA) is 77.6 Å². The Kier molecular flexibility index (Phi) is 6.34. The third-order valence-corrected chi connectivity index (χ3v) is 5.50. The number of aliphatic imine (C=N–C) groups is 1. The maximum Gasteiger partial charge on any atom is 0.185 e. The fourth-order valence-corrected chi connectivity index (χ4v) is 3.69. The molecule has 2 heterocycles. The number of ketones is 1. The van der Waals surface area contributed by atoms with Crippen molar-refractivity contribution in [3.63, 3.8) is 0 Å². The zero-order chi connectivity index (χ0) is 21.2. The highest BCUT2D eigenvalue weighted by atomic mass is 35.5. The molecule has 3 rings (SSSR count). The summed E-state index contributed by atoms with van der Waals surface area (Å²) >= 11 is 6.08. The van der Waals surface area contributed by atoms with Crippen molar-refractivity contribution in [3.05, 3.63) is 63.7 Å². The summed E-state index contributed by atoms with van der Waals surface area (Å²) in [4.78, 5) is 21.7. The molecule has 154 valence electrons. The van der Waals surface area contributed by atoms with Gasteiger partial charge in [0.05, 0.1) is 11.6 Å². The Labute approximate surface area is 175 Å². The molecule has 0 saturated heterocycles. The van der Waals surface area contributed by atoms with Crippen LogP contribution in [0.15, 0.2) is 35.5 Å². The van der Waals surface area contributed by atoms with E-state index in [4.69, 9.17) is 22.1 Å². The lowest BCUT2D eigenvalue weighted by atomic mass is 9.89. The van der Waals surface area contributed by atoms with Crippen LogP contribution in [-0.4, -0.2) is 29.8 Å². The molecule has 0 saturated carbocycles. The molecule has 0 bridgehead atoms. The van der Waals surface area contributed by atoms with Crippen molar-refractivity contribution >= 4 is 23.2 Å². The summed E-state index contributed by atoms with van der Waals surface area (Å²) in [5.41, 5.74) is 7.14. The first kappa shape index (κ1) is 21.4. The summed E-state index contributed by atoms with van der Waals surface area (Å²) < 4.78 is 20.0. The van der Waals surface area contributed by atoms with Crippen LogP contribution < -0.4 is 5.73 Å². The number of amidine groups is 1. The van der Waals surface area contributed by atoms with Gasteiger partial charge < -0.3 is 10.5 Å². The Morgan fingerprint density at radius 2 is 2.17 bits per heavy atom. The number of carbonyl (C=O) groups is 1. The standard InChI is InChI=1S/C22H25ClFN3O2/c1-4-13(2)16-9-15(23)10-26-21(16)19(28)8-14-5-6-18(24)17(7-14)22(3)12-29-11-20(25)27-22/h5-7,9-10,13H,4,8,11-12H2,1-3H3,(H2,25,27)/t13?,22-/m0/s1. The van der Waals surface area contributed by atoms with Crippen LogP contribution in [0, 0.1) is 5.82 Å². The minimum Gasteiger partial charge on any atom is -0.386 e. The number of Topliss-reactive ketones (excluding diaryl/α,β-unsaturated/α-hetero) is 1. The molecular weight excluding hydrogens is 393 g/mol. The summed E-state index contributed by atoms with van der Waals surface area (Å²) in [5, 5.41) is 0.501. The van der Waals surface area contributed by atoms with Crippen LogP contribution >= 0.6 is 11.6 Å². The van der Waals surface area contributed by atoms with Crippen LogP contribution in [0.1, 0.15) is 60.3 Å². The van der Waals surface area contributed by atoms with Crippen molar-refractivity contribution < 1.29 is 13.9 Å². The molecule has 0 spiro atoms. The number of nitrogens with two attached hydrogens (primary N) is 1. The Morgan fingerprint density at radius 1 is 1.41 bits per heavy atom. The van der Waals surface area contributed by atoms with E-state index in [0.717, 1.165) is 12.0 Å². The van der Waals surface area contributed by atoms with E-state index in [1.165, 1.54) is 12.3 Å². The molecule has 1 aliphatic rings. The van der Waals surface area contributed by atoms with Gasteiger partial charge >= 0.3 is 0 Å². The van der Waals surface area contributed by atoms with Gasteiger partial charge in [-0.2, -0.15) is 0 Å². The molecule has 1 aromatic heterocycles. The third-order valence-electron chi connectivity index (χ3n) is 5.29. The van der Waals surface area contributed by atoms with E-state index < -0.39 is 11.4 Å². The fourth-order valence-electron chi connectivity index (χ4n) is 3.52. The molecule has 0 amide bonds. The van der Waals surface area contributed by atoms with Crippen molar-refractivity contribution in [1.82, 2.24) is 4.98 Å². The lowest BCUT2D eigenvalue weighted by Gasteiger charge is -2.30. The first-order chi connectivity index (χ1) is 13.7. The van der Waals surface area contributed by atoms with Crippen molar-refractivity contribution in [2.75, 3.05) is 13.2 Å². The second-order valence-corrected chi connectivity index (χ2v) is 8.12. The molecule has 29 heavy (non-hydrogen) atoms. The maximum absolute atomic E-state index is 14.6. The van der Waals surface area contributed by atoms with Crippen molar-refractivity contribution in [2.45, 2.75) is 45.1 Å². The Balaban J connectivity index is 1.92. The number of benzene rings is 1. The van der Waals surface area contributed by atoms with E-state index >= 15 is 0 Å². The zero-order valence-corrected chi connectivity index (χ0v) is 17.6. The third kappa shape index (κ3) is 4.65. The first-order valence-corrected chi connectivity index (χ1v) is 10.0. The van der Waals surface area contributed by atoms with E-state index in [0.29, 0.717) is 27.7 Å². The van der Waals surface area contributed by atoms with Crippen LogP contribution in [0.3, 0.4) is 0 Å². The number of carbonyl (C=O) groups excluding carboxylic acids is 1. The number of hydrogen-bond donors (Lipinski definition) is 1. The summed E-state index contributed by atoms with van der Waals surface area (Å²) in [6.07, 6.45) is 2.44. The fraction of sp³-hybridized carbons (Fsp3) is 0.409. The molecule has 1 aliphatic heterocycles. The molecule has 1 unspecified atom stereocenters. The summed E-state index contributed by atoms with van der Waals surface area (Å²) in [6.45, 7) is 6.30. The summed E-state index contributed by atoms with van der Waals surface area (Å²) in [5.74, 6) is -0.0685. The highest BCUT2D eigenvalue weighted by molar-refractivity contribution is 6.30. The highest BCUT2D eigenvalue weighted by Gasteiger charge is 2.33. The van der Waals surface area contributed by atoms with E-state index in [1.54, 1.807) is 25.1 Å². The number of pyridine rings is 1. The zero-order valence-electron chi connectivity index (χ0n) is 16.8. The predicted molar refractivity (Wildman–Crippen MR) is 112 cm³/mol. The molecule has 7 heteroatoms. The van der Waals surface area contributed by atoms with Gasteiger partial charge in [0.15, 0.2) is 5.78 Å². The van der Waals surface area contributed by atoms with Gasteiger partial charge in [-0.3, -0.25) is 14.8 Å². The number of aromatic nitrogens is 1. The predicted octanol–water partition coefficient (Wildman–Crippen LogP) is 4.42. The second kappa shape index (κ2) is 8.59. The lowest BCUT2D eigenvalue weighted by molar-refractivity contribution is 0.0985. The van der Waals surface area contributed by atoms with Gasteiger partial charge in [0, 0.05) is 18.2 Å². The van der Waals surface area contributed by atoms with Crippen molar-refractivity contribution in [3.8, 4) is 0 Å². The van der Waals surface area contributed by atoms with Gasteiger partial charge in [0.25, 0.3) is 0 Å². The lowest BCUT2D eigenvalue weighted by Crippen LogP contribution is -2.38. The smallest absolute Gasteiger partial charge is 0.185 e. The Hall–Kier alpha value is -2.31. The quantitative estimate of drug-likeness (QED) is 0.706. The summed E-state index contributed by atoms with van der Waals surface area (Å²) in [6, 6.07) is 6.42. The average Bonchev–Trinajstić information content (AvgIpc) is 2.68. The van der Waals surface area contributed by atoms with Gasteiger partial charge in [0.2, 0.25) is 0 Å². The molecule has 0 fully saturated rings. The Morgan fingerprint density at radius 3 is 2.86 bits per heavy atom. The van der Waals surface area contributed by atoms with Crippen molar-refractivity contribution in [1.29, 1.82) is 0 Å². The Bertz CT molecular complexity index is 963. The van der Waals surface area contributed by atoms with Crippen LogP contribution in [0.4, 0.5) is 4.39 Å². The number of nitrogens with zero attached hydrogens (tertiary/aromatic N) is 2. The molecule has 1 aromatic carbocycles. The van der Waals surface area contributed by atoms with Crippen LogP contribution in [0.25, 0.3) is 0 Å². The molecule has 0 radical (unpaired) electrons. The number of hydrogen-bond acceptors (Lipinski definition) is 5. The van der Waals surface area contributed by atoms with Crippen LogP contribution in [0.2, 0.25) is 5.02 Å². The van der Waals surface area contributed by atoms with Crippen molar-refractivity contribution in [2.24, 2.45) is 10.7 Å². The number of ether oxygens (including phenoxy) is 1. The van der Waals surface area contributed by atoms with Gasteiger partial charge in [-0.25, -0.2) is 4.39 Å². The van der Waals surface area contributed by atoms with Crippen LogP contribution in [0.5, 0.6) is 0 Å². The summed E-state index contributed by atoms with van der Waals surface area (Å²) in [7, 11) is 0. The SMILES string of the molecule is CCC(C)c1cc(Cl)cnc1C(=O)Cc1ccc(F)c([C@]2(C)COCC(N)=N2)c1. The molecule has 2 atom stereocenters. The highest BCUT2D eigenvalue weighted by Crippen LogP contribution is 2.32. The minimum absolute atomic E-state index is 0.0987. The monoisotopic (exact) mass is 417 g/mol. The van der Waals surface area contributed by atoms with Crippen LogP contribution in [-0.2, 0) is 16.7 Å². The molecule has 2 N–H and O–H groups in total. The molecule has 0 aliphatic carbocycles.